The van der Waals surface area contributed by atoms with Crippen molar-refractivity contribution in [1.29, 1.82) is 0 Å². The zero-order valence-corrected chi connectivity index (χ0v) is 24.9. The number of para-hydroxylation sites is 1. The van der Waals surface area contributed by atoms with Crippen molar-refractivity contribution in [2.75, 3.05) is 21.3 Å². The van der Waals surface area contributed by atoms with Gasteiger partial charge in [0.25, 0.3) is 0 Å². The summed E-state index contributed by atoms with van der Waals surface area (Å²) in [5.41, 5.74) is 2.25. The minimum atomic E-state index is -4.57. The average molecular weight is 652 g/mol. The van der Waals surface area contributed by atoms with E-state index in [9.17, 15) is 18.0 Å². The van der Waals surface area contributed by atoms with Crippen molar-refractivity contribution in [3.63, 3.8) is 0 Å². The van der Waals surface area contributed by atoms with Gasteiger partial charge < -0.3 is 18.9 Å². The largest absolute Gasteiger partial charge is 0.496 e. The first-order chi connectivity index (χ1) is 20.7. The van der Waals surface area contributed by atoms with Crippen LogP contribution in [-0.2, 0) is 17.5 Å². The Bertz CT molecular complexity index is 1810. The standard InChI is InChI=1S/C33H25BrF3NO5/c1-40-26-17-22(28(34)31(41-2)27(26)32(39)42-3)18-43-23-13-7-11-20(15-23)29-24(19-9-5-4-6-10-19)16-21-12-8-14-25(30(21)38-29)33(35,36)37/h4-17H,18H2,1-3H3. The second-order valence-corrected chi connectivity index (χ2v) is 10.2. The quantitative estimate of drug-likeness (QED) is 0.156. The van der Waals surface area contributed by atoms with Gasteiger partial charge in [-0.05, 0) is 51.8 Å². The Morgan fingerprint density at radius 1 is 0.860 bits per heavy atom. The molecular formula is C33H25BrF3NO5. The maximum atomic E-state index is 13.9. The maximum absolute atomic E-state index is 13.9. The fourth-order valence-corrected chi connectivity index (χ4v) is 5.38. The number of methoxy groups -OCH3 is 3. The molecule has 0 aliphatic carbocycles. The molecule has 1 heterocycles. The number of benzene rings is 4. The monoisotopic (exact) mass is 651 g/mol. The predicted octanol–water partition coefficient (Wildman–Crippen LogP) is 8.73. The molecule has 43 heavy (non-hydrogen) atoms. The lowest BCUT2D eigenvalue weighted by Crippen LogP contribution is -2.09. The minimum absolute atomic E-state index is 0.0487. The number of esters is 1. The molecule has 0 spiro atoms. The first-order valence-corrected chi connectivity index (χ1v) is 13.8. The normalized spacial score (nSPS) is 11.3. The Kier molecular flexibility index (Phi) is 8.59. The molecule has 0 amide bonds. The van der Waals surface area contributed by atoms with Gasteiger partial charge in [0.1, 0.15) is 23.7 Å². The molecule has 4 aromatic carbocycles. The fourth-order valence-electron chi connectivity index (χ4n) is 4.79. The van der Waals surface area contributed by atoms with E-state index in [-0.39, 0.29) is 29.2 Å². The van der Waals surface area contributed by atoms with Crippen molar-refractivity contribution in [1.82, 2.24) is 4.98 Å². The molecule has 1 aromatic heterocycles. The van der Waals surface area contributed by atoms with E-state index < -0.39 is 17.7 Å². The van der Waals surface area contributed by atoms with E-state index in [1.54, 1.807) is 42.5 Å². The van der Waals surface area contributed by atoms with E-state index in [1.807, 2.05) is 30.3 Å². The molecule has 0 saturated heterocycles. The highest BCUT2D eigenvalue weighted by molar-refractivity contribution is 9.10. The van der Waals surface area contributed by atoms with Crippen molar-refractivity contribution < 1.29 is 36.9 Å². The molecule has 0 aliphatic rings. The number of halogens is 4. The van der Waals surface area contributed by atoms with Crippen LogP contribution in [0.2, 0.25) is 0 Å². The molecule has 0 aliphatic heterocycles. The molecule has 0 N–H and O–H groups in total. The fraction of sp³-hybridized carbons (Fsp3) is 0.152. The molecule has 0 unspecified atom stereocenters. The zero-order valence-electron chi connectivity index (χ0n) is 23.3. The number of hydrogen-bond donors (Lipinski definition) is 0. The Labute approximate surface area is 254 Å². The SMILES string of the molecule is COC(=O)c1c(OC)cc(COc2cccc(-c3nc4c(C(F)(F)F)cccc4cc3-c3ccccc3)c2)c(Br)c1OC. The molecule has 220 valence electrons. The van der Waals surface area contributed by atoms with Gasteiger partial charge in [-0.1, -0.05) is 54.6 Å². The molecule has 0 atom stereocenters. The molecule has 6 nitrogen and oxygen atoms in total. The van der Waals surface area contributed by atoms with Gasteiger partial charge in [0.15, 0.2) is 5.75 Å². The summed E-state index contributed by atoms with van der Waals surface area (Å²) in [6, 6.07) is 23.8. The molecule has 5 aromatic rings. The van der Waals surface area contributed by atoms with Crippen molar-refractivity contribution in [3.05, 3.63) is 106 Å². The van der Waals surface area contributed by atoms with E-state index in [0.717, 1.165) is 11.6 Å². The van der Waals surface area contributed by atoms with E-state index in [2.05, 4.69) is 20.9 Å². The third kappa shape index (κ3) is 6.01. The summed E-state index contributed by atoms with van der Waals surface area (Å²) in [5.74, 6) is 0.296. The van der Waals surface area contributed by atoms with E-state index >= 15 is 0 Å². The topological polar surface area (TPSA) is 66.9 Å². The van der Waals surface area contributed by atoms with Crippen LogP contribution in [0.25, 0.3) is 33.3 Å². The second-order valence-electron chi connectivity index (χ2n) is 9.39. The zero-order chi connectivity index (χ0) is 30.7. The predicted molar refractivity (Wildman–Crippen MR) is 161 cm³/mol. The highest BCUT2D eigenvalue weighted by Crippen LogP contribution is 2.41. The highest BCUT2D eigenvalue weighted by atomic mass is 79.9. The third-order valence-corrected chi connectivity index (χ3v) is 7.68. The van der Waals surface area contributed by atoms with Crippen LogP contribution >= 0.6 is 15.9 Å². The van der Waals surface area contributed by atoms with Gasteiger partial charge in [0, 0.05) is 22.1 Å². The Morgan fingerprint density at radius 3 is 2.26 bits per heavy atom. The van der Waals surface area contributed by atoms with Gasteiger partial charge >= 0.3 is 12.1 Å². The molecule has 0 bridgehead atoms. The van der Waals surface area contributed by atoms with Crippen LogP contribution in [0.15, 0.2) is 89.4 Å². The Morgan fingerprint density at radius 2 is 1.58 bits per heavy atom. The number of ether oxygens (including phenoxy) is 4. The second kappa shape index (κ2) is 12.3. The number of pyridine rings is 1. The van der Waals surface area contributed by atoms with Gasteiger partial charge in [-0.2, -0.15) is 13.2 Å². The summed E-state index contributed by atoms with van der Waals surface area (Å²) >= 11 is 3.49. The number of carbonyl (C=O) groups excluding carboxylic acids is 1. The summed E-state index contributed by atoms with van der Waals surface area (Å²) in [6.07, 6.45) is -4.57. The lowest BCUT2D eigenvalue weighted by molar-refractivity contribution is -0.136. The van der Waals surface area contributed by atoms with Crippen molar-refractivity contribution >= 4 is 32.8 Å². The number of fused-ring (bicyclic) bond motifs is 1. The molecule has 0 radical (unpaired) electrons. The van der Waals surface area contributed by atoms with Crippen LogP contribution in [-0.4, -0.2) is 32.3 Å². The Hall–Kier alpha value is -4.57. The van der Waals surface area contributed by atoms with Crippen molar-refractivity contribution in [3.8, 4) is 39.6 Å². The number of carbonyl (C=O) groups is 1. The van der Waals surface area contributed by atoms with Crippen molar-refractivity contribution in [2.24, 2.45) is 0 Å². The van der Waals surface area contributed by atoms with E-state index in [1.165, 1.54) is 27.4 Å². The van der Waals surface area contributed by atoms with Crippen LogP contribution in [0.1, 0.15) is 21.5 Å². The summed E-state index contributed by atoms with van der Waals surface area (Å²) in [6.45, 7) is 0.0487. The van der Waals surface area contributed by atoms with Crippen LogP contribution in [0.4, 0.5) is 13.2 Å². The molecule has 10 heteroatoms. The van der Waals surface area contributed by atoms with Gasteiger partial charge in [-0.25, -0.2) is 9.78 Å². The third-order valence-electron chi connectivity index (χ3n) is 6.81. The van der Waals surface area contributed by atoms with E-state index in [4.69, 9.17) is 18.9 Å². The smallest absolute Gasteiger partial charge is 0.418 e. The van der Waals surface area contributed by atoms with Crippen LogP contribution in [0, 0.1) is 0 Å². The first-order valence-electron chi connectivity index (χ1n) is 13.0. The van der Waals surface area contributed by atoms with E-state index in [0.29, 0.717) is 38.0 Å². The summed E-state index contributed by atoms with van der Waals surface area (Å²) < 4.78 is 64.1. The number of aromatic nitrogens is 1. The number of nitrogens with zero attached hydrogens (tertiary/aromatic N) is 1. The molecule has 5 rings (SSSR count). The maximum Gasteiger partial charge on any atom is 0.418 e. The van der Waals surface area contributed by atoms with Crippen LogP contribution < -0.4 is 14.2 Å². The van der Waals surface area contributed by atoms with Gasteiger partial charge in [0.2, 0.25) is 0 Å². The lowest BCUT2D eigenvalue weighted by atomic mass is 9.96. The number of rotatable bonds is 8. The first kappa shape index (κ1) is 29.9. The number of hydrogen-bond acceptors (Lipinski definition) is 6. The Balaban J connectivity index is 1.57. The van der Waals surface area contributed by atoms with Crippen LogP contribution in [0.3, 0.4) is 0 Å². The van der Waals surface area contributed by atoms with Gasteiger partial charge in [-0.15, -0.1) is 0 Å². The average Bonchev–Trinajstić information content (AvgIpc) is 3.02. The minimum Gasteiger partial charge on any atom is -0.496 e. The lowest BCUT2D eigenvalue weighted by Gasteiger charge is -2.17. The summed E-state index contributed by atoms with van der Waals surface area (Å²) in [4.78, 5) is 17.0. The highest BCUT2D eigenvalue weighted by Gasteiger charge is 2.33. The molecule has 0 saturated carbocycles. The van der Waals surface area contributed by atoms with Gasteiger partial charge in [-0.3, -0.25) is 0 Å². The van der Waals surface area contributed by atoms with Crippen LogP contribution in [0.5, 0.6) is 17.2 Å². The van der Waals surface area contributed by atoms with Crippen molar-refractivity contribution in [2.45, 2.75) is 12.8 Å². The summed E-state index contributed by atoms with van der Waals surface area (Å²) in [5, 5.41) is 0.382. The number of alkyl halides is 3. The summed E-state index contributed by atoms with van der Waals surface area (Å²) in [7, 11) is 4.11. The van der Waals surface area contributed by atoms with Gasteiger partial charge in [0.05, 0.1) is 42.6 Å². The molecular weight excluding hydrogens is 627 g/mol. The molecule has 0 fully saturated rings.